The molecule has 0 fully saturated rings. The summed E-state index contributed by atoms with van der Waals surface area (Å²) in [6.45, 7) is 0. The van der Waals surface area contributed by atoms with Crippen LogP contribution in [0, 0.1) is 0 Å². The first-order valence-corrected chi connectivity index (χ1v) is 6.52. The van der Waals surface area contributed by atoms with Gasteiger partial charge in [0.1, 0.15) is 0 Å². The molecule has 2 aromatic carbocycles. The molecule has 0 amide bonds. The summed E-state index contributed by atoms with van der Waals surface area (Å²) in [7, 11) is 3.26. The highest BCUT2D eigenvalue weighted by atomic mass is 16.1. The van der Waals surface area contributed by atoms with E-state index >= 15 is 0 Å². The third kappa shape index (κ3) is 1.86. The maximum absolute atomic E-state index is 12.7. The topological polar surface area (TPSA) is 70.9 Å². The van der Waals surface area contributed by atoms with E-state index < -0.39 is 0 Å². The van der Waals surface area contributed by atoms with E-state index in [4.69, 9.17) is 0 Å². The molecule has 0 saturated heterocycles. The molecule has 2 aromatic rings. The first-order chi connectivity index (χ1) is 10.2. The van der Waals surface area contributed by atoms with Crippen molar-refractivity contribution in [2.75, 3.05) is 19.4 Å². The Bertz CT molecular complexity index is 794. The molecule has 104 valence electrons. The van der Waals surface area contributed by atoms with Crippen LogP contribution < -0.4 is 5.32 Å². The van der Waals surface area contributed by atoms with E-state index in [9.17, 15) is 9.59 Å². The number of fused-ring (bicyclic) bond motifs is 2. The number of anilines is 1. The standard InChI is InChI=1S/C16H13N3O2/c1-17-11-7-3-5-9-13(11)15(20)10-6-4-8-12(19-18-2)14(10)16(9)21/h3-8,17H,1-2H3. The van der Waals surface area contributed by atoms with Gasteiger partial charge >= 0.3 is 0 Å². The minimum Gasteiger partial charge on any atom is -0.388 e. The van der Waals surface area contributed by atoms with Crippen LogP contribution in [0.25, 0.3) is 0 Å². The number of azo groups is 1. The predicted molar refractivity (Wildman–Crippen MR) is 79.7 cm³/mol. The van der Waals surface area contributed by atoms with Gasteiger partial charge in [-0.2, -0.15) is 10.2 Å². The summed E-state index contributed by atoms with van der Waals surface area (Å²) >= 11 is 0. The zero-order valence-electron chi connectivity index (χ0n) is 11.7. The van der Waals surface area contributed by atoms with Crippen LogP contribution in [-0.4, -0.2) is 25.7 Å². The molecular formula is C16H13N3O2. The van der Waals surface area contributed by atoms with E-state index in [2.05, 4.69) is 15.5 Å². The number of benzene rings is 2. The van der Waals surface area contributed by atoms with Crippen molar-refractivity contribution in [1.82, 2.24) is 0 Å². The number of carbonyl (C=O) groups excluding carboxylic acids is 2. The highest BCUT2D eigenvalue weighted by molar-refractivity contribution is 6.31. The summed E-state index contributed by atoms with van der Waals surface area (Å²) in [5.74, 6) is -0.364. The highest BCUT2D eigenvalue weighted by Gasteiger charge is 2.33. The van der Waals surface area contributed by atoms with Crippen LogP contribution in [0.4, 0.5) is 11.4 Å². The van der Waals surface area contributed by atoms with Gasteiger partial charge in [-0.1, -0.05) is 24.3 Å². The van der Waals surface area contributed by atoms with E-state index in [1.807, 2.05) is 0 Å². The van der Waals surface area contributed by atoms with E-state index in [0.717, 1.165) is 0 Å². The fraction of sp³-hybridized carbons (Fsp3) is 0.125. The first-order valence-electron chi connectivity index (χ1n) is 6.52. The Kier molecular flexibility index (Phi) is 3.10. The predicted octanol–water partition coefficient (Wildman–Crippen LogP) is 3.22. The monoisotopic (exact) mass is 279 g/mol. The number of hydrogen-bond donors (Lipinski definition) is 1. The van der Waals surface area contributed by atoms with Crippen LogP contribution in [0.15, 0.2) is 46.6 Å². The van der Waals surface area contributed by atoms with Gasteiger partial charge in [-0.3, -0.25) is 9.59 Å². The largest absolute Gasteiger partial charge is 0.388 e. The van der Waals surface area contributed by atoms with Crippen LogP contribution in [0.3, 0.4) is 0 Å². The lowest BCUT2D eigenvalue weighted by Crippen LogP contribution is -2.22. The normalized spacial score (nSPS) is 13.2. The third-order valence-corrected chi connectivity index (χ3v) is 3.53. The molecule has 1 aliphatic rings. The Morgan fingerprint density at radius 1 is 0.905 bits per heavy atom. The molecule has 0 saturated carbocycles. The number of nitrogens with one attached hydrogen (secondary N) is 1. The third-order valence-electron chi connectivity index (χ3n) is 3.53. The molecule has 0 radical (unpaired) electrons. The number of rotatable bonds is 2. The molecule has 1 N–H and O–H groups in total. The highest BCUT2D eigenvalue weighted by Crippen LogP contribution is 2.36. The molecule has 0 spiro atoms. The van der Waals surface area contributed by atoms with Gasteiger partial charge in [0, 0.05) is 30.9 Å². The Morgan fingerprint density at radius 3 is 2.19 bits per heavy atom. The second-order valence-corrected chi connectivity index (χ2v) is 4.64. The molecule has 1 aliphatic carbocycles. The van der Waals surface area contributed by atoms with Gasteiger partial charge in [0.25, 0.3) is 0 Å². The average Bonchev–Trinajstić information content (AvgIpc) is 2.52. The molecule has 5 nitrogen and oxygen atoms in total. The minimum absolute atomic E-state index is 0.169. The fourth-order valence-electron chi connectivity index (χ4n) is 2.62. The molecular weight excluding hydrogens is 266 g/mol. The van der Waals surface area contributed by atoms with Gasteiger partial charge in [-0.15, -0.1) is 0 Å². The number of carbonyl (C=O) groups is 2. The van der Waals surface area contributed by atoms with Crippen molar-refractivity contribution in [2.24, 2.45) is 10.2 Å². The van der Waals surface area contributed by atoms with Gasteiger partial charge < -0.3 is 5.32 Å². The molecule has 0 heterocycles. The summed E-state index contributed by atoms with van der Waals surface area (Å²) in [6, 6.07) is 10.2. The lowest BCUT2D eigenvalue weighted by molar-refractivity contribution is 0.0980. The zero-order chi connectivity index (χ0) is 15.0. The summed E-state index contributed by atoms with van der Waals surface area (Å²) < 4.78 is 0. The van der Waals surface area contributed by atoms with Gasteiger partial charge in [0.15, 0.2) is 11.6 Å². The number of hydrogen-bond acceptors (Lipinski definition) is 5. The molecule has 5 heteroatoms. The van der Waals surface area contributed by atoms with E-state index in [0.29, 0.717) is 33.6 Å². The lowest BCUT2D eigenvalue weighted by atomic mass is 9.82. The average molecular weight is 279 g/mol. The number of ketones is 2. The van der Waals surface area contributed by atoms with Gasteiger partial charge in [-0.25, -0.2) is 0 Å². The second kappa shape index (κ2) is 4.94. The van der Waals surface area contributed by atoms with E-state index in [-0.39, 0.29) is 11.6 Å². The Morgan fingerprint density at radius 2 is 1.52 bits per heavy atom. The van der Waals surface area contributed by atoms with Crippen molar-refractivity contribution in [1.29, 1.82) is 0 Å². The molecule has 0 atom stereocenters. The Hall–Kier alpha value is -2.82. The first kappa shape index (κ1) is 13.2. The molecule has 0 aromatic heterocycles. The van der Waals surface area contributed by atoms with E-state index in [1.165, 1.54) is 7.05 Å². The quantitative estimate of drug-likeness (QED) is 0.732. The van der Waals surface area contributed by atoms with E-state index in [1.54, 1.807) is 43.4 Å². The van der Waals surface area contributed by atoms with Crippen molar-refractivity contribution in [3.8, 4) is 0 Å². The van der Waals surface area contributed by atoms with Crippen molar-refractivity contribution >= 4 is 22.9 Å². The molecule has 3 rings (SSSR count). The molecule has 0 aliphatic heterocycles. The zero-order valence-corrected chi connectivity index (χ0v) is 11.7. The summed E-state index contributed by atoms with van der Waals surface area (Å²) in [5, 5.41) is 10.6. The number of nitrogens with zero attached hydrogens (tertiary/aromatic N) is 2. The molecule has 0 unspecified atom stereocenters. The van der Waals surface area contributed by atoms with Crippen LogP contribution in [0.2, 0.25) is 0 Å². The summed E-state index contributed by atoms with van der Waals surface area (Å²) in [6.07, 6.45) is 0. The van der Waals surface area contributed by atoms with Crippen LogP contribution in [-0.2, 0) is 0 Å². The van der Waals surface area contributed by atoms with Crippen LogP contribution in [0.1, 0.15) is 31.8 Å². The van der Waals surface area contributed by atoms with Gasteiger partial charge in [-0.05, 0) is 12.1 Å². The SMILES string of the molecule is CN=Nc1cccc2c1C(=O)c1cccc(NC)c1C2=O. The maximum atomic E-state index is 12.7. The van der Waals surface area contributed by atoms with Crippen molar-refractivity contribution in [3.05, 3.63) is 58.7 Å². The van der Waals surface area contributed by atoms with Gasteiger partial charge in [0.05, 0.1) is 16.8 Å². The molecule has 0 bridgehead atoms. The summed E-state index contributed by atoms with van der Waals surface area (Å²) in [5.41, 5.74) is 2.60. The van der Waals surface area contributed by atoms with Crippen LogP contribution >= 0.6 is 0 Å². The van der Waals surface area contributed by atoms with Crippen molar-refractivity contribution in [3.63, 3.8) is 0 Å². The van der Waals surface area contributed by atoms with Crippen molar-refractivity contribution < 1.29 is 9.59 Å². The maximum Gasteiger partial charge on any atom is 0.196 e. The van der Waals surface area contributed by atoms with Crippen LogP contribution in [0.5, 0.6) is 0 Å². The second-order valence-electron chi connectivity index (χ2n) is 4.64. The summed E-state index contributed by atoms with van der Waals surface area (Å²) in [4.78, 5) is 25.5. The smallest absolute Gasteiger partial charge is 0.196 e. The lowest BCUT2D eigenvalue weighted by Gasteiger charge is -2.20. The van der Waals surface area contributed by atoms with Gasteiger partial charge in [0.2, 0.25) is 0 Å². The van der Waals surface area contributed by atoms with Crippen molar-refractivity contribution in [2.45, 2.75) is 0 Å². The molecule has 21 heavy (non-hydrogen) atoms. The Balaban J connectivity index is 2.33. The minimum atomic E-state index is -0.195. The Labute approximate surface area is 121 Å². The fourth-order valence-corrected chi connectivity index (χ4v) is 2.62.